The van der Waals surface area contributed by atoms with Gasteiger partial charge < -0.3 is 10.2 Å². The number of carbonyl (C=O) groups is 2. The van der Waals surface area contributed by atoms with Crippen molar-refractivity contribution in [1.29, 1.82) is 0 Å². The van der Waals surface area contributed by atoms with Crippen LogP contribution in [0.25, 0.3) is 0 Å². The molecule has 0 aromatic heterocycles. The average Bonchev–Trinajstić information content (AvgIpc) is 2.38. The first-order valence-corrected chi connectivity index (χ1v) is 11.5. The molecule has 132 valence electrons. The van der Waals surface area contributed by atoms with Gasteiger partial charge in [-0.25, -0.2) is 8.42 Å². The summed E-state index contributed by atoms with van der Waals surface area (Å²) < 4.78 is 21.3. The van der Waals surface area contributed by atoms with Gasteiger partial charge in [0.15, 0.2) is 8.87 Å². The Labute approximate surface area is 144 Å². The normalized spacial score (nSPS) is 10.6. The number of alkyl halides is 1. The minimum Gasteiger partial charge on any atom is -0.481 e. The van der Waals surface area contributed by atoms with Crippen LogP contribution in [-0.2, 0) is 18.5 Å². The highest BCUT2D eigenvalue weighted by atomic mass is 79.9. The highest BCUT2D eigenvalue weighted by molar-refractivity contribution is 9.09. The molecule has 6 nitrogen and oxygen atoms in total. The lowest BCUT2D eigenvalue weighted by Gasteiger charge is -1.97. The third-order valence-electron chi connectivity index (χ3n) is 2.36. The number of carboxylic acid groups (broad SMARTS) is 2. The fourth-order valence-electron chi connectivity index (χ4n) is 1.31. The number of halogens is 1. The van der Waals surface area contributed by atoms with Crippen LogP contribution < -0.4 is 0 Å². The first-order chi connectivity index (χ1) is 10.2. The maximum absolute atomic E-state index is 10.6. The molecule has 0 heterocycles. The van der Waals surface area contributed by atoms with Gasteiger partial charge in [0.25, 0.3) is 0 Å². The molecule has 9 heteroatoms. The van der Waals surface area contributed by atoms with Gasteiger partial charge in [-0.2, -0.15) is 0 Å². The maximum atomic E-state index is 10.6. The maximum Gasteiger partial charge on any atom is 0.303 e. The van der Waals surface area contributed by atoms with E-state index in [0.717, 1.165) is 48.2 Å². The van der Waals surface area contributed by atoms with E-state index < -0.39 is 20.8 Å². The number of hydrogen-bond acceptors (Lipinski definition) is 5. The Morgan fingerprint density at radius 1 is 0.909 bits per heavy atom. The monoisotopic (exact) mass is 420 g/mol. The Morgan fingerprint density at radius 2 is 1.36 bits per heavy atom. The van der Waals surface area contributed by atoms with Crippen molar-refractivity contribution in [2.75, 3.05) is 17.3 Å². The molecule has 2 N–H and O–H groups in total. The zero-order valence-corrected chi connectivity index (χ0v) is 16.0. The van der Waals surface area contributed by atoms with Crippen molar-refractivity contribution in [3.8, 4) is 0 Å². The summed E-state index contributed by atoms with van der Waals surface area (Å²) in [5.41, 5.74) is 0. The van der Waals surface area contributed by atoms with E-state index in [0.29, 0.717) is 18.6 Å². The molecule has 0 aliphatic carbocycles. The summed E-state index contributed by atoms with van der Waals surface area (Å²) in [7, 11) is -2.01. The Bertz CT molecular complexity index is 397. The predicted molar refractivity (Wildman–Crippen MR) is 93.3 cm³/mol. The molecule has 22 heavy (non-hydrogen) atoms. The van der Waals surface area contributed by atoms with Gasteiger partial charge in [0.1, 0.15) is 0 Å². The van der Waals surface area contributed by atoms with Gasteiger partial charge in [-0.15, -0.1) is 0 Å². The van der Waals surface area contributed by atoms with Crippen molar-refractivity contribution in [1.82, 2.24) is 0 Å². The third-order valence-corrected chi connectivity index (χ3v) is 5.59. The van der Waals surface area contributed by atoms with Crippen LogP contribution in [0.5, 0.6) is 0 Å². The molecule has 0 saturated heterocycles. The number of rotatable bonds is 12. The summed E-state index contributed by atoms with van der Waals surface area (Å²) >= 11 is 3.27. The largest absolute Gasteiger partial charge is 0.481 e. The highest BCUT2D eigenvalue weighted by Crippen LogP contribution is 2.13. The molecule has 0 atom stereocenters. The Kier molecular flexibility index (Phi) is 17.0. The summed E-state index contributed by atoms with van der Waals surface area (Å²) in [6, 6.07) is 0. The van der Waals surface area contributed by atoms with Gasteiger partial charge in [0.2, 0.25) is 0 Å². The molecule has 0 bridgehead atoms. The number of unbranched alkanes of at least 4 members (excludes halogenated alkanes) is 4. The smallest absolute Gasteiger partial charge is 0.303 e. The fourth-order valence-corrected chi connectivity index (χ4v) is 3.60. The highest BCUT2D eigenvalue weighted by Gasteiger charge is 2.02. The molecular weight excluding hydrogens is 396 g/mol. The lowest BCUT2D eigenvalue weighted by Crippen LogP contribution is -1.95. The van der Waals surface area contributed by atoms with Crippen LogP contribution >= 0.6 is 26.7 Å². The predicted octanol–water partition coefficient (Wildman–Crippen LogP) is 3.35. The topological polar surface area (TPSA) is 109 Å². The average molecular weight is 421 g/mol. The van der Waals surface area contributed by atoms with Gasteiger partial charge >= 0.3 is 11.9 Å². The van der Waals surface area contributed by atoms with E-state index in [-0.39, 0.29) is 6.42 Å². The summed E-state index contributed by atoms with van der Waals surface area (Å²) in [5, 5.41) is 17.5. The number of carboxylic acids is 2. The molecule has 0 aromatic rings. The summed E-state index contributed by atoms with van der Waals surface area (Å²) in [5.74, 6) is -0.932. The van der Waals surface area contributed by atoms with E-state index in [1.165, 1.54) is 6.26 Å². The molecule has 0 unspecified atom stereocenters. The second kappa shape index (κ2) is 15.6. The van der Waals surface area contributed by atoms with Crippen molar-refractivity contribution in [2.45, 2.75) is 51.4 Å². The van der Waals surface area contributed by atoms with Crippen LogP contribution in [0.1, 0.15) is 51.4 Å². The van der Waals surface area contributed by atoms with Crippen LogP contribution in [0.15, 0.2) is 0 Å². The van der Waals surface area contributed by atoms with E-state index in [4.69, 9.17) is 10.2 Å². The van der Waals surface area contributed by atoms with Crippen molar-refractivity contribution < 1.29 is 28.2 Å². The SMILES string of the molecule is CS(=O)(=O)SCCCCCC(=O)O.O=C(O)CCCCCBr. The first kappa shape index (κ1) is 24.0. The first-order valence-electron chi connectivity index (χ1n) is 7.03. The van der Waals surface area contributed by atoms with Crippen LogP contribution in [0.2, 0.25) is 0 Å². The number of hydrogen-bond donors (Lipinski definition) is 2. The second-order valence-corrected chi connectivity index (χ2v) is 9.99. The Balaban J connectivity index is 0. The summed E-state index contributed by atoms with van der Waals surface area (Å²) in [6.45, 7) is 0. The van der Waals surface area contributed by atoms with Crippen molar-refractivity contribution in [3.05, 3.63) is 0 Å². The molecule has 0 aliphatic rings. The zero-order valence-electron chi connectivity index (χ0n) is 12.8. The third kappa shape index (κ3) is 28.0. The van der Waals surface area contributed by atoms with E-state index in [9.17, 15) is 18.0 Å². The van der Waals surface area contributed by atoms with Crippen LogP contribution in [0, 0.1) is 0 Å². The van der Waals surface area contributed by atoms with Gasteiger partial charge in [-0.1, -0.05) is 28.8 Å². The molecule has 0 saturated carbocycles. The summed E-state index contributed by atoms with van der Waals surface area (Å²) in [4.78, 5) is 20.0. The minimum atomic E-state index is -2.93. The van der Waals surface area contributed by atoms with E-state index in [2.05, 4.69) is 15.9 Å². The molecule has 0 rings (SSSR count). The molecule has 0 fully saturated rings. The Hall–Kier alpha value is -0.280. The quantitative estimate of drug-likeness (QED) is 0.283. The second-order valence-electron chi connectivity index (χ2n) is 4.62. The fraction of sp³-hybridized carbons (Fsp3) is 0.846. The molecule has 0 aliphatic heterocycles. The van der Waals surface area contributed by atoms with Gasteiger partial charge in [-0.3, -0.25) is 9.59 Å². The van der Waals surface area contributed by atoms with Crippen molar-refractivity contribution >= 4 is 47.5 Å². The van der Waals surface area contributed by atoms with E-state index in [1.54, 1.807) is 0 Å². The number of aliphatic carboxylic acids is 2. The van der Waals surface area contributed by atoms with Crippen molar-refractivity contribution in [3.63, 3.8) is 0 Å². The zero-order chi connectivity index (χ0) is 17.4. The van der Waals surface area contributed by atoms with Crippen LogP contribution in [0.3, 0.4) is 0 Å². The van der Waals surface area contributed by atoms with Gasteiger partial charge in [0.05, 0.1) is 0 Å². The molecule has 0 amide bonds. The van der Waals surface area contributed by atoms with E-state index in [1.807, 2.05) is 0 Å². The molecule has 0 aromatic carbocycles. The van der Waals surface area contributed by atoms with Crippen LogP contribution in [-0.4, -0.2) is 47.9 Å². The van der Waals surface area contributed by atoms with Crippen LogP contribution in [0.4, 0.5) is 0 Å². The standard InChI is InChI=1S/C7H14O4S2.C6H11BrO2/c1-13(10,11)12-6-4-2-3-5-7(8)9;7-5-3-1-2-4-6(8)9/h2-6H2,1H3,(H,8,9);1-5H2,(H,8,9). The molecule has 0 spiro atoms. The van der Waals surface area contributed by atoms with Gasteiger partial charge in [0, 0.05) is 30.2 Å². The van der Waals surface area contributed by atoms with Gasteiger partial charge in [-0.05, 0) is 36.5 Å². The Morgan fingerprint density at radius 3 is 1.73 bits per heavy atom. The minimum absolute atomic E-state index is 0.170. The molecule has 0 radical (unpaired) electrons. The summed E-state index contributed by atoms with van der Waals surface area (Å²) in [6.07, 6.45) is 6.71. The lowest BCUT2D eigenvalue weighted by atomic mass is 10.2. The lowest BCUT2D eigenvalue weighted by molar-refractivity contribution is -0.138. The van der Waals surface area contributed by atoms with Crippen molar-refractivity contribution in [2.24, 2.45) is 0 Å². The van der Waals surface area contributed by atoms with E-state index >= 15 is 0 Å². The molecular formula is C13H25BrO6S2.